The van der Waals surface area contributed by atoms with E-state index in [9.17, 15) is 14.7 Å². The monoisotopic (exact) mass is 380 g/mol. The second kappa shape index (κ2) is 7.76. The molecule has 6 nitrogen and oxygen atoms in total. The van der Waals surface area contributed by atoms with E-state index < -0.39 is 18.3 Å². The third-order valence-corrected chi connectivity index (χ3v) is 4.78. The predicted octanol–water partition coefficient (Wildman–Crippen LogP) is 4.24. The van der Waals surface area contributed by atoms with Gasteiger partial charge in [0, 0.05) is 18.1 Å². The molecule has 0 radical (unpaired) electrons. The van der Waals surface area contributed by atoms with E-state index in [4.69, 9.17) is 5.11 Å². The van der Waals surface area contributed by atoms with Gasteiger partial charge in [0.25, 0.3) is 0 Å². The summed E-state index contributed by atoms with van der Waals surface area (Å²) in [6, 6.07) is 11.3. The van der Waals surface area contributed by atoms with Crippen LogP contribution in [0.5, 0.6) is 5.75 Å². The molecule has 3 N–H and O–H groups in total. The molecule has 2 aromatic carbocycles. The molecule has 0 saturated heterocycles. The predicted molar refractivity (Wildman–Crippen MR) is 109 cm³/mol. The van der Waals surface area contributed by atoms with Crippen molar-refractivity contribution in [3.05, 3.63) is 59.3 Å². The lowest BCUT2D eigenvalue weighted by atomic mass is 9.99. The van der Waals surface area contributed by atoms with Crippen LogP contribution in [0.4, 0.5) is 5.69 Å². The molecule has 0 aliphatic heterocycles. The summed E-state index contributed by atoms with van der Waals surface area (Å²) >= 11 is 0. The Labute approximate surface area is 163 Å². The second-order valence-electron chi connectivity index (χ2n) is 7.30. The Morgan fingerprint density at radius 1 is 1.14 bits per heavy atom. The standard InChI is InChI=1S/C22H24N2O4/c1-13(2)17-10-15(5-7-19(17)25)12-24-9-8-16-18(6-4-14(3)22(16)24)23-20(26)11-21(27)28/h4-10,13,25H,11-12H2,1-3H3,(H,23,26)(H,27,28). The van der Waals surface area contributed by atoms with Gasteiger partial charge in [-0.1, -0.05) is 32.0 Å². The number of carboxylic acids is 1. The number of phenolic OH excluding ortho intramolecular Hbond substituents is 1. The highest BCUT2D eigenvalue weighted by atomic mass is 16.4. The van der Waals surface area contributed by atoms with Crippen LogP contribution in [0.25, 0.3) is 10.9 Å². The maximum Gasteiger partial charge on any atom is 0.312 e. The lowest BCUT2D eigenvalue weighted by Crippen LogP contribution is -2.16. The number of hydrogen-bond donors (Lipinski definition) is 3. The van der Waals surface area contributed by atoms with Crippen molar-refractivity contribution in [2.75, 3.05) is 5.32 Å². The van der Waals surface area contributed by atoms with Crippen molar-refractivity contribution in [3.63, 3.8) is 0 Å². The molecule has 0 aliphatic carbocycles. The fourth-order valence-corrected chi connectivity index (χ4v) is 3.44. The van der Waals surface area contributed by atoms with E-state index in [0.29, 0.717) is 18.0 Å². The van der Waals surface area contributed by atoms with Gasteiger partial charge in [0.2, 0.25) is 5.91 Å². The number of phenols is 1. The van der Waals surface area contributed by atoms with Gasteiger partial charge in [-0.25, -0.2) is 0 Å². The smallest absolute Gasteiger partial charge is 0.312 e. The molecule has 0 unspecified atom stereocenters. The van der Waals surface area contributed by atoms with Gasteiger partial charge in [-0.05, 0) is 47.7 Å². The number of rotatable bonds is 6. The number of fused-ring (bicyclic) bond motifs is 1. The summed E-state index contributed by atoms with van der Waals surface area (Å²) in [4.78, 5) is 22.6. The number of carbonyl (C=O) groups is 2. The summed E-state index contributed by atoms with van der Waals surface area (Å²) in [5, 5.41) is 22.4. The fourth-order valence-electron chi connectivity index (χ4n) is 3.44. The number of benzene rings is 2. The van der Waals surface area contributed by atoms with Gasteiger partial charge in [-0.3, -0.25) is 9.59 Å². The topological polar surface area (TPSA) is 91.6 Å². The molecule has 0 aliphatic rings. The van der Waals surface area contributed by atoms with E-state index in [2.05, 4.69) is 9.88 Å². The molecule has 1 aromatic heterocycles. The highest BCUT2D eigenvalue weighted by Gasteiger charge is 2.14. The van der Waals surface area contributed by atoms with Crippen molar-refractivity contribution in [2.24, 2.45) is 0 Å². The van der Waals surface area contributed by atoms with Crippen LogP contribution in [0.15, 0.2) is 42.6 Å². The van der Waals surface area contributed by atoms with Crippen molar-refractivity contribution in [1.82, 2.24) is 4.57 Å². The SMILES string of the molecule is Cc1ccc(NC(=O)CC(=O)O)c2ccn(Cc3ccc(O)c(C(C)C)c3)c12. The zero-order valence-electron chi connectivity index (χ0n) is 16.2. The van der Waals surface area contributed by atoms with E-state index in [1.807, 2.05) is 51.2 Å². The van der Waals surface area contributed by atoms with Crippen LogP contribution in [-0.2, 0) is 16.1 Å². The van der Waals surface area contributed by atoms with Gasteiger partial charge in [0.05, 0.1) is 11.2 Å². The minimum absolute atomic E-state index is 0.221. The van der Waals surface area contributed by atoms with Crippen LogP contribution >= 0.6 is 0 Å². The van der Waals surface area contributed by atoms with E-state index in [1.165, 1.54) is 0 Å². The van der Waals surface area contributed by atoms with E-state index in [-0.39, 0.29) is 5.92 Å². The van der Waals surface area contributed by atoms with Crippen LogP contribution in [0, 0.1) is 6.92 Å². The maximum absolute atomic E-state index is 11.9. The van der Waals surface area contributed by atoms with Crippen molar-refractivity contribution in [3.8, 4) is 5.75 Å². The average Bonchev–Trinajstić information content (AvgIpc) is 3.03. The molecule has 28 heavy (non-hydrogen) atoms. The van der Waals surface area contributed by atoms with Gasteiger partial charge in [0.15, 0.2) is 0 Å². The number of aryl methyl sites for hydroxylation is 1. The van der Waals surface area contributed by atoms with Gasteiger partial charge in [-0.15, -0.1) is 0 Å². The number of carboxylic acid groups (broad SMARTS) is 1. The van der Waals surface area contributed by atoms with Crippen LogP contribution in [0.1, 0.15) is 42.9 Å². The first-order valence-electron chi connectivity index (χ1n) is 9.18. The molecule has 0 fully saturated rings. The molecule has 3 aromatic rings. The first-order chi connectivity index (χ1) is 13.3. The Morgan fingerprint density at radius 3 is 2.57 bits per heavy atom. The molecule has 6 heteroatoms. The molecule has 1 heterocycles. The molecular weight excluding hydrogens is 356 g/mol. The lowest BCUT2D eigenvalue weighted by Gasteiger charge is -2.13. The summed E-state index contributed by atoms with van der Waals surface area (Å²) in [5.74, 6) is -1.19. The lowest BCUT2D eigenvalue weighted by molar-refractivity contribution is -0.139. The molecule has 0 saturated carbocycles. The number of amides is 1. The summed E-state index contributed by atoms with van der Waals surface area (Å²) in [6.07, 6.45) is 1.38. The van der Waals surface area contributed by atoms with Crippen LogP contribution < -0.4 is 5.32 Å². The van der Waals surface area contributed by atoms with Gasteiger partial charge < -0.3 is 20.1 Å². The Kier molecular flexibility index (Phi) is 5.40. The maximum atomic E-state index is 11.9. The van der Waals surface area contributed by atoms with Crippen LogP contribution in [-0.4, -0.2) is 26.7 Å². The van der Waals surface area contributed by atoms with Crippen LogP contribution in [0.2, 0.25) is 0 Å². The average molecular weight is 380 g/mol. The first-order valence-corrected chi connectivity index (χ1v) is 9.18. The number of anilines is 1. The summed E-state index contributed by atoms with van der Waals surface area (Å²) < 4.78 is 2.09. The van der Waals surface area contributed by atoms with Gasteiger partial charge in [-0.2, -0.15) is 0 Å². The Bertz CT molecular complexity index is 1050. The van der Waals surface area contributed by atoms with E-state index in [0.717, 1.165) is 27.6 Å². The number of nitrogens with zero attached hydrogens (tertiary/aromatic N) is 1. The van der Waals surface area contributed by atoms with Crippen molar-refractivity contribution < 1.29 is 19.8 Å². The first kappa shape index (κ1) is 19.5. The fraction of sp³-hybridized carbons (Fsp3) is 0.273. The number of hydrogen-bond acceptors (Lipinski definition) is 3. The number of aromatic nitrogens is 1. The minimum Gasteiger partial charge on any atom is -0.508 e. The molecule has 0 spiro atoms. The summed E-state index contributed by atoms with van der Waals surface area (Å²) in [6.45, 7) is 6.70. The Morgan fingerprint density at radius 2 is 1.89 bits per heavy atom. The number of carbonyl (C=O) groups excluding carboxylic acids is 1. The molecule has 0 atom stereocenters. The van der Waals surface area contributed by atoms with Crippen molar-refractivity contribution in [2.45, 2.75) is 39.7 Å². The molecule has 146 valence electrons. The highest BCUT2D eigenvalue weighted by molar-refractivity contribution is 6.06. The van der Waals surface area contributed by atoms with Crippen molar-refractivity contribution in [1.29, 1.82) is 0 Å². The number of aromatic hydroxyl groups is 1. The van der Waals surface area contributed by atoms with Crippen LogP contribution in [0.3, 0.4) is 0 Å². The number of nitrogens with one attached hydrogen (secondary N) is 1. The Balaban J connectivity index is 1.95. The molecule has 1 amide bonds. The van der Waals surface area contributed by atoms with E-state index >= 15 is 0 Å². The van der Waals surface area contributed by atoms with Crippen molar-refractivity contribution >= 4 is 28.5 Å². The quantitative estimate of drug-likeness (QED) is 0.558. The minimum atomic E-state index is -1.16. The third kappa shape index (κ3) is 4.01. The molecule has 3 rings (SSSR count). The largest absolute Gasteiger partial charge is 0.508 e. The second-order valence-corrected chi connectivity index (χ2v) is 7.30. The van der Waals surface area contributed by atoms with Gasteiger partial charge >= 0.3 is 5.97 Å². The Hall–Kier alpha value is -3.28. The van der Waals surface area contributed by atoms with E-state index in [1.54, 1.807) is 12.1 Å². The summed E-state index contributed by atoms with van der Waals surface area (Å²) in [5.41, 5.74) is 4.61. The summed E-state index contributed by atoms with van der Waals surface area (Å²) in [7, 11) is 0. The normalized spacial score (nSPS) is 11.1. The molecule has 0 bridgehead atoms. The zero-order valence-corrected chi connectivity index (χ0v) is 16.2. The third-order valence-electron chi connectivity index (χ3n) is 4.78. The highest BCUT2D eigenvalue weighted by Crippen LogP contribution is 2.30. The molecular formula is C22H24N2O4. The van der Waals surface area contributed by atoms with Gasteiger partial charge in [0.1, 0.15) is 12.2 Å². The number of aliphatic carboxylic acids is 1. The zero-order chi connectivity index (χ0) is 20.4.